The molecule has 1 N–H and O–H groups in total. The highest BCUT2D eigenvalue weighted by molar-refractivity contribution is 7.99. The van der Waals surface area contributed by atoms with Crippen molar-refractivity contribution in [2.75, 3.05) is 5.75 Å². The number of rotatable bonds is 7. The Kier molecular flexibility index (Phi) is 6.81. The van der Waals surface area contributed by atoms with Crippen molar-refractivity contribution in [1.29, 1.82) is 0 Å². The third-order valence-corrected chi connectivity index (χ3v) is 4.74. The van der Waals surface area contributed by atoms with Gasteiger partial charge in [-0.3, -0.25) is 4.79 Å². The Hall–Kier alpha value is -1.45. The highest BCUT2D eigenvalue weighted by atomic mass is 35.5. The Balaban J connectivity index is 1.81. The van der Waals surface area contributed by atoms with Gasteiger partial charge < -0.3 is 5.32 Å². The maximum atomic E-state index is 12.1. The quantitative estimate of drug-likeness (QED) is 0.785. The smallest absolute Gasteiger partial charge is 0.230 e. The van der Waals surface area contributed by atoms with Crippen molar-refractivity contribution >= 4 is 29.3 Å². The SMILES string of the molecule is CC[C@@H](NC(=O)CSCc1ccccc1Cl)c1ccccc1. The van der Waals surface area contributed by atoms with Crippen LogP contribution in [0.2, 0.25) is 5.02 Å². The van der Waals surface area contributed by atoms with Gasteiger partial charge in [0.15, 0.2) is 0 Å². The molecule has 0 saturated carbocycles. The summed E-state index contributed by atoms with van der Waals surface area (Å²) < 4.78 is 0. The lowest BCUT2D eigenvalue weighted by molar-refractivity contribution is -0.119. The molecular formula is C18H20ClNOS. The van der Waals surface area contributed by atoms with Crippen molar-refractivity contribution in [2.24, 2.45) is 0 Å². The molecule has 0 aliphatic heterocycles. The predicted octanol–water partition coefficient (Wildman–Crippen LogP) is 4.84. The van der Waals surface area contributed by atoms with E-state index in [2.05, 4.69) is 12.2 Å². The van der Waals surface area contributed by atoms with E-state index in [1.54, 1.807) is 11.8 Å². The molecule has 22 heavy (non-hydrogen) atoms. The van der Waals surface area contributed by atoms with Crippen LogP contribution in [0.15, 0.2) is 54.6 Å². The third-order valence-electron chi connectivity index (χ3n) is 3.39. The van der Waals surface area contributed by atoms with Gasteiger partial charge in [-0.15, -0.1) is 11.8 Å². The van der Waals surface area contributed by atoms with Crippen LogP contribution < -0.4 is 5.32 Å². The lowest BCUT2D eigenvalue weighted by Crippen LogP contribution is -2.29. The van der Waals surface area contributed by atoms with E-state index in [9.17, 15) is 4.79 Å². The van der Waals surface area contributed by atoms with Gasteiger partial charge in [-0.2, -0.15) is 0 Å². The largest absolute Gasteiger partial charge is 0.349 e. The van der Waals surface area contributed by atoms with Gasteiger partial charge in [-0.25, -0.2) is 0 Å². The molecule has 2 aromatic rings. The zero-order valence-electron chi connectivity index (χ0n) is 12.6. The first-order valence-corrected chi connectivity index (χ1v) is 8.89. The number of hydrogen-bond acceptors (Lipinski definition) is 2. The minimum atomic E-state index is 0.0627. The standard InChI is InChI=1S/C18H20ClNOS/c1-2-17(14-8-4-3-5-9-14)20-18(21)13-22-12-15-10-6-7-11-16(15)19/h3-11,17H,2,12-13H2,1H3,(H,20,21)/t17-/m1/s1. The monoisotopic (exact) mass is 333 g/mol. The summed E-state index contributed by atoms with van der Waals surface area (Å²) in [5.41, 5.74) is 2.21. The summed E-state index contributed by atoms with van der Waals surface area (Å²) in [7, 11) is 0. The molecule has 116 valence electrons. The number of nitrogens with one attached hydrogen (secondary N) is 1. The Labute approximate surface area is 141 Å². The molecule has 2 rings (SSSR count). The summed E-state index contributed by atoms with van der Waals surface area (Å²) in [4.78, 5) is 12.1. The summed E-state index contributed by atoms with van der Waals surface area (Å²) in [5.74, 6) is 1.25. The van der Waals surface area contributed by atoms with Crippen molar-refractivity contribution in [3.8, 4) is 0 Å². The second-order valence-electron chi connectivity index (χ2n) is 5.02. The average molecular weight is 334 g/mol. The number of hydrogen-bond donors (Lipinski definition) is 1. The van der Waals surface area contributed by atoms with Gasteiger partial charge in [0, 0.05) is 10.8 Å². The molecule has 2 aromatic carbocycles. The van der Waals surface area contributed by atoms with Gasteiger partial charge in [0.2, 0.25) is 5.91 Å². The van der Waals surface area contributed by atoms with Crippen molar-refractivity contribution < 1.29 is 4.79 Å². The zero-order chi connectivity index (χ0) is 15.8. The van der Waals surface area contributed by atoms with Crippen molar-refractivity contribution in [2.45, 2.75) is 25.1 Å². The molecule has 0 aliphatic rings. The minimum Gasteiger partial charge on any atom is -0.349 e. The first kappa shape index (κ1) is 16.9. The molecule has 0 aliphatic carbocycles. The van der Waals surface area contributed by atoms with E-state index in [1.165, 1.54) is 0 Å². The molecular weight excluding hydrogens is 314 g/mol. The molecule has 0 unspecified atom stereocenters. The van der Waals surface area contributed by atoms with Crippen LogP contribution in [-0.4, -0.2) is 11.7 Å². The van der Waals surface area contributed by atoms with E-state index in [4.69, 9.17) is 11.6 Å². The van der Waals surface area contributed by atoms with Crippen LogP contribution in [0.3, 0.4) is 0 Å². The second-order valence-corrected chi connectivity index (χ2v) is 6.42. The van der Waals surface area contributed by atoms with Crippen molar-refractivity contribution in [3.05, 3.63) is 70.7 Å². The van der Waals surface area contributed by atoms with Gasteiger partial charge in [-0.1, -0.05) is 67.1 Å². The summed E-state index contributed by atoms with van der Waals surface area (Å²) in [5, 5.41) is 3.85. The third kappa shape index (κ3) is 5.08. The van der Waals surface area contributed by atoms with Crippen molar-refractivity contribution in [3.63, 3.8) is 0 Å². The van der Waals surface area contributed by atoms with E-state index in [0.717, 1.165) is 28.3 Å². The number of carbonyl (C=O) groups excluding carboxylic acids is 1. The Morgan fingerprint density at radius 2 is 1.82 bits per heavy atom. The maximum Gasteiger partial charge on any atom is 0.230 e. The first-order chi connectivity index (χ1) is 10.7. The molecule has 1 amide bonds. The van der Waals surface area contributed by atoms with E-state index in [1.807, 2.05) is 54.6 Å². The number of benzene rings is 2. The molecule has 4 heteroatoms. The van der Waals surface area contributed by atoms with Gasteiger partial charge in [0.1, 0.15) is 0 Å². The Morgan fingerprint density at radius 3 is 2.50 bits per heavy atom. The van der Waals surface area contributed by atoms with Gasteiger partial charge in [0.05, 0.1) is 11.8 Å². The molecule has 0 saturated heterocycles. The normalized spacial score (nSPS) is 11.9. The Bertz CT molecular complexity index is 603. The number of thioether (sulfide) groups is 1. The average Bonchev–Trinajstić information content (AvgIpc) is 2.55. The Morgan fingerprint density at radius 1 is 1.14 bits per heavy atom. The molecule has 1 atom stereocenters. The summed E-state index contributed by atoms with van der Waals surface area (Å²) in [6.07, 6.45) is 0.880. The van der Waals surface area contributed by atoms with Crippen LogP contribution in [0.1, 0.15) is 30.5 Å². The molecule has 0 spiro atoms. The molecule has 2 nitrogen and oxygen atoms in total. The fourth-order valence-electron chi connectivity index (χ4n) is 2.21. The molecule has 0 heterocycles. The van der Waals surface area contributed by atoms with Crippen LogP contribution >= 0.6 is 23.4 Å². The van der Waals surface area contributed by atoms with Gasteiger partial charge >= 0.3 is 0 Å². The molecule has 0 radical (unpaired) electrons. The number of amides is 1. The fraction of sp³-hybridized carbons (Fsp3) is 0.278. The minimum absolute atomic E-state index is 0.0627. The molecule has 0 aromatic heterocycles. The van der Waals surface area contributed by atoms with E-state index < -0.39 is 0 Å². The lowest BCUT2D eigenvalue weighted by Gasteiger charge is -2.17. The van der Waals surface area contributed by atoms with Crippen LogP contribution in [0.25, 0.3) is 0 Å². The van der Waals surface area contributed by atoms with E-state index in [0.29, 0.717) is 5.75 Å². The van der Waals surface area contributed by atoms with E-state index >= 15 is 0 Å². The zero-order valence-corrected chi connectivity index (χ0v) is 14.2. The van der Waals surface area contributed by atoms with Crippen LogP contribution in [0, 0.1) is 0 Å². The van der Waals surface area contributed by atoms with Gasteiger partial charge in [0.25, 0.3) is 0 Å². The van der Waals surface area contributed by atoms with Crippen LogP contribution in [0.5, 0.6) is 0 Å². The predicted molar refractivity (Wildman–Crippen MR) is 95.2 cm³/mol. The maximum absolute atomic E-state index is 12.1. The first-order valence-electron chi connectivity index (χ1n) is 7.36. The number of halogens is 1. The second kappa shape index (κ2) is 8.86. The van der Waals surface area contributed by atoms with Crippen LogP contribution in [0.4, 0.5) is 0 Å². The summed E-state index contributed by atoms with van der Waals surface area (Å²) in [6, 6.07) is 17.9. The van der Waals surface area contributed by atoms with Crippen molar-refractivity contribution in [1.82, 2.24) is 5.32 Å². The van der Waals surface area contributed by atoms with Gasteiger partial charge in [-0.05, 0) is 23.6 Å². The summed E-state index contributed by atoms with van der Waals surface area (Å²) >= 11 is 7.69. The highest BCUT2D eigenvalue weighted by Gasteiger charge is 2.12. The number of carbonyl (C=O) groups is 1. The topological polar surface area (TPSA) is 29.1 Å². The fourth-order valence-corrected chi connectivity index (χ4v) is 3.34. The van der Waals surface area contributed by atoms with Crippen LogP contribution in [-0.2, 0) is 10.5 Å². The van der Waals surface area contributed by atoms with E-state index in [-0.39, 0.29) is 11.9 Å². The summed E-state index contributed by atoms with van der Waals surface area (Å²) in [6.45, 7) is 2.08. The molecule has 0 bridgehead atoms. The lowest BCUT2D eigenvalue weighted by atomic mass is 10.0. The highest BCUT2D eigenvalue weighted by Crippen LogP contribution is 2.21. The molecule has 0 fully saturated rings.